The summed E-state index contributed by atoms with van der Waals surface area (Å²) in [7, 11) is 0. The highest BCUT2D eigenvalue weighted by Crippen LogP contribution is 2.21. The first-order valence-corrected chi connectivity index (χ1v) is 5.74. The van der Waals surface area contributed by atoms with Gasteiger partial charge in [-0.25, -0.2) is 4.39 Å². The van der Waals surface area contributed by atoms with E-state index in [-0.39, 0.29) is 12.1 Å². The summed E-state index contributed by atoms with van der Waals surface area (Å²) in [5.41, 5.74) is 0.105. The number of hydrogen-bond donors (Lipinski definition) is 0. The molecule has 0 fully saturated rings. The highest BCUT2D eigenvalue weighted by Gasteiger charge is 2.24. The van der Waals surface area contributed by atoms with E-state index in [1.165, 1.54) is 4.90 Å². The van der Waals surface area contributed by atoms with Gasteiger partial charge in [0.1, 0.15) is 11.4 Å². The van der Waals surface area contributed by atoms with Crippen molar-refractivity contribution < 1.29 is 14.1 Å². The number of nitro groups is 1. The van der Waals surface area contributed by atoms with E-state index in [4.69, 9.17) is 0 Å². The van der Waals surface area contributed by atoms with Crippen LogP contribution in [0, 0.1) is 15.9 Å². The Morgan fingerprint density at radius 1 is 1.53 bits per heavy atom. The molecule has 0 aliphatic rings. The highest BCUT2D eigenvalue weighted by molar-refractivity contribution is 5.98. The van der Waals surface area contributed by atoms with Crippen LogP contribution < -0.4 is 0 Å². The molecule has 1 amide bonds. The summed E-state index contributed by atoms with van der Waals surface area (Å²) >= 11 is 0. The SMILES string of the molecule is C=C(C)CN(CC)C(=O)c1cc(F)ccc1[N+](=O)[O-]. The van der Waals surface area contributed by atoms with E-state index in [1.807, 2.05) is 0 Å². The van der Waals surface area contributed by atoms with E-state index < -0.39 is 22.3 Å². The summed E-state index contributed by atoms with van der Waals surface area (Å²) in [5.74, 6) is -1.25. The van der Waals surface area contributed by atoms with Crippen LogP contribution in [0.25, 0.3) is 0 Å². The van der Waals surface area contributed by atoms with Gasteiger partial charge >= 0.3 is 0 Å². The summed E-state index contributed by atoms with van der Waals surface area (Å²) < 4.78 is 13.2. The largest absolute Gasteiger partial charge is 0.335 e. The maximum Gasteiger partial charge on any atom is 0.282 e. The minimum Gasteiger partial charge on any atom is -0.335 e. The van der Waals surface area contributed by atoms with Crippen molar-refractivity contribution in [2.75, 3.05) is 13.1 Å². The monoisotopic (exact) mass is 266 g/mol. The van der Waals surface area contributed by atoms with Crippen molar-refractivity contribution in [3.8, 4) is 0 Å². The first-order valence-electron chi connectivity index (χ1n) is 5.74. The van der Waals surface area contributed by atoms with E-state index >= 15 is 0 Å². The van der Waals surface area contributed by atoms with Crippen molar-refractivity contribution in [2.24, 2.45) is 0 Å². The molecule has 0 spiro atoms. The molecular formula is C13H15FN2O3. The Kier molecular flexibility index (Phi) is 4.74. The number of halogens is 1. The molecule has 0 saturated heterocycles. The Labute approximate surface area is 110 Å². The minimum absolute atomic E-state index is 0.242. The van der Waals surface area contributed by atoms with Crippen molar-refractivity contribution in [3.63, 3.8) is 0 Å². The number of hydrogen-bond acceptors (Lipinski definition) is 3. The fraction of sp³-hybridized carbons (Fsp3) is 0.308. The number of amides is 1. The second kappa shape index (κ2) is 6.08. The molecule has 0 aliphatic heterocycles. The average Bonchev–Trinajstić information content (AvgIpc) is 2.34. The van der Waals surface area contributed by atoms with Gasteiger partial charge in [-0.3, -0.25) is 14.9 Å². The molecule has 1 aromatic carbocycles. The van der Waals surface area contributed by atoms with Gasteiger partial charge in [0.2, 0.25) is 0 Å². The second-order valence-electron chi connectivity index (χ2n) is 4.20. The van der Waals surface area contributed by atoms with E-state index in [0.29, 0.717) is 6.54 Å². The third-order valence-corrected chi connectivity index (χ3v) is 2.52. The maximum absolute atomic E-state index is 13.2. The van der Waals surface area contributed by atoms with Crippen LogP contribution in [0.15, 0.2) is 30.4 Å². The minimum atomic E-state index is -0.693. The number of likely N-dealkylation sites (N-methyl/N-ethyl adjacent to an activating group) is 1. The van der Waals surface area contributed by atoms with E-state index in [2.05, 4.69) is 6.58 Å². The predicted octanol–water partition coefficient (Wildman–Crippen LogP) is 2.77. The van der Waals surface area contributed by atoms with Gasteiger partial charge in [-0.2, -0.15) is 0 Å². The zero-order valence-corrected chi connectivity index (χ0v) is 10.9. The second-order valence-corrected chi connectivity index (χ2v) is 4.20. The third kappa shape index (κ3) is 3.61. The highest BCUT2D eigenvalue weighted by atomic mass is 19.1. The lowest BCUT2D eigenvalue weighted by molar-refractivity contribution is -0.385. The zero-order valence-electron chi connectivity index (χ0n) is 10.9. The lowest BCUT2D eigenvalue weighted by atomic mass is 10.1. The number of nitrogens with zero attached hydrogens (tertiary/aromatic N) is 2. The van der Waals surface area contributed by atoms with E-state index in [1.54, 1.807) is 13.8 Å². The molecule has 6 heteroatoms. The quantitative estimate of drug-likeness (QED) is 0.467. The fourth-order valence-corrected chi connectivity index (χ4v) is 1.66. The molecule has 0 saturated carbocycles. The molecule has 19 heavy (non-hydrogen) atoms. The van der Waals surface area contributed by atoms with E-state index in [0.717, 1.165) is 23.8 Å². The zero-order chi connectivity index (χ0) is 14.6. The van der Waals surface area contributed by atoms with Crippen LogP contribution in [0.2, 0.25) is 0 Å². The number of carbonyl (C=O) groups excluding carboxylic acids is 1. The Balaban J connectivity index is 3.19. The molecule has 1 aromatic rings. The fourth-order valence-electron chi connectivity index (χ4n) is 1.66. The molecule has 0 aliphatic carbocycles. The van der Waals surface area contributed by atoms with Gasteiger partial charge in [-0.1, -0.05) is 12.2 Å². The molecule has 102 valence electrons. The third-order valence-electron chi connectivity index (χ3n) is 2.52. The van der Waals surface area contributed by atoms with Crippen LogP contribution in [0.5, 0.6) is 0 Å². The van der Waals surface area contributed by atoms with Crippen LogP contribution in [-0.4, -0.2) is 28.8 Å². The molecule has 0 radical (unpaired) electrons. The maximum atomic E-state index is 13.2. The van der Waals surface area contributed by atoms with Crippen molar-refractivity contribution in [1.29, 1.82) is 0 Å². The van der Waals surface area contributed by atoms with Crippen LogP contribution in [0.4, 0.5) is 10.1 Å². The Morgan fingerprint density at radius 3 is 2.63 bits per heavy atom. The summed E-state index contributed by atoms with van der Waals surface area (Å²) in [6.07, 6.45) is 0. The van der Waals surface area contributed by atoms with Gasteiger partial charge in [0, 0.05) is 19.2 Å². The predicted molar refractivity (Wildman–Crippen MR) is 69.4 cm³/mol. The normalized spacial score (nSPS) is 10.1. The van der Waals surface area contributed by atoms with Crippen LogP contribution in [0.1, 0.15) is 24.2 Å². The molecule has 5 nitrogen and oxygen atoms in total. The van der Waals surface area contributed by atoms with E-state index in [9.17, 15) is 19.3 Å². The van der Waals surface area contributed by atoms with Gasteiger partial charge in [0.05, 0.1) is 4.92 Å². The standard InChI is InChI=1S/C13H15FN2O3/c1-4-15(8-9(2)3)13(17)11-7-10(14)5-6-12(11)16(18)19/h5-7H,2,4,8H2,1,3H3. The topological polar surface area (TPSA) is 63.5 Å². The average molecular weight is 266 g/mol. The Bertz CT molecular complexity index is 529. The van der Waals surface area contributed by atoms with Gasteiger partial charge in [0.25, 0.3) is 11.6 Å². The molecule has 0 heterocycles. The molecule has 0 unspecified atom stereocenters. The van der Waals surface area contributed by atoms with Crippen LogP contribution >= 0.6 is 0 Å². The van der Waals surface area contributed by atoms with Gasteiger partial charge in [-0.15, -0.1) is 0 Å². The van der Waals surface area contributed by atoms with Gasteiger partial charge < -0.3 is 4.90 Å². The van der Waals surface area contributed by atoms with Crippen molar-refractivity contribution in [1.82, 2.24) is 4.90 Å². The summed E-state index contributed by atoms with van der Waals surface area (Å²) in [5, 5.41) is 10.9. The smallest absolute Gasteiger partial charge is 0.282 e. The molecule has 1 rings (SSSR count). The Hall–Kier alpha value is -2.24. The molecule has 0 bridgehead atoms. The summed E-state index contributed by atoms with van der Waals surface area (Å²) in [6.45, 7) is 7.82. The van der Waals surface area contributed by atoms with Crippen molar-refractivity contribution in [3.05, 3.63) is 51.8 Å². The van der Waals surface area contributed by atoms with Gasteiger partial charge in [0.15, 0.2) is 0 Å². The van der Waals surface area contributed by atoms with Crippen LogP contribution in [-0.2, 0) is 0 Å². The molecular weight excluding hydrogens is 251 g/mol. The Morgan fingerprint density at radius 2 is 2.16 bits per heavy atom. The first-order chi connectivity index (χ1) is 8.86. The van der Waals surface area contributed by atoms with Crippen LogP contribution in [0.3, 0.4) is 0 Å². The lowest BCUT2D eigenvalue weighted by Crippen LogP contribution is -2.32. The molecule has 0 N–H and O–H groups in total. The number of rotatable bonds is 5. The lowest BCUT2D eigenvalue weighted by Gasteiger charge is -2.20. The molecule has 0 aromatic heterocycles. The number of nitro benzene ring substituents is 1. The van der Waals surface area contributed by atoms with Crippen molar-refractivity contribution >= 4 is 11.6 Å². The summed E-state index contributed by atoms with van der Waals surface area (Å²) in [6, 6.07) is 2.85. The first kappa shape index (κ1) is 14.8. The number of carbonyl (C=O) groups is 1. The molecule has 0 atom stereocenters. The van der Waals surface area contributed by atoms with Crippen molar-refractivity contribution in [2.45, 2.75) is 13.8 Å². The number of benzene rings is 1. The van der Waals surface area contributed by atoms with Gasteiger partial charge in [-0.05, 0) is 26.0 Å². The summed E-state index contributed by atoms with van der Waals surface area (Å²) in [4.78, 5) is 23.8.